The number of carbonyl (C=O) groups excluding carboxylic acids is 2. The summed E-state index contributed by atoms with van der Waals surface area (Å²) in [4.78, 5) is 22.3. The molecule has 0 saturated heterocycles. The van der Waals surface area contributed by atoms with Crippen LogP contribution in [0.2, 0.25) is 0 Å². The van der Waals surface area contributed by atoms with E-state index in [2.05, 4.69) is 10.6 Å². The summed E-state index contributed by atoms with van der Waals surface area (Å²) in [5.41, 5.74) is 0. The van der Waals surface area contributed by atoms with E-state index in [1.807, 2.05) is 6.92 Å². The Labute approximate surface area is 89.4 Å². The lowest BCUT2D eigenvalue weighted by molar-refractivity contribution is -0.128. The van der Waals surface area contributed by atoms with Gasteiger partial charge in [0, 0.05) is 18.8 Å². The van der Waals surface area contributed by atoms with Gasteiger partial charge in [-0.15, -0.1) is 11.6 Å². The van der Waals surface area contributed by atoms with E-state index >= 15 is 0 Å². The molecule has 0 spiro atoms. The fraction of sp³-hybridized carbons (Fsp3) is 0.778. The molecule has 0 heterocycles. The molecule has 0 aromatic heterocycles. The van der Waals surface area contributed by atoms with Crippen molar-refractivity contribution in [2.45, 2.75) is 32.7 Å². The van der Waals surface area contributed by atoms with E-state index in [1.165, 1.54) is 0 Å². The first kappa shape index (κ1) is 13.2. The highest BCUT2D eigenvalue weighted by Crippen LogP contribution is 1.88. The van der Waals surface area contributed by atoms with Crippen LogP contribution in [-0.4, -0.2) is 30.3 Å². The average Bonchev–Trinajstić information content (AvgIpc) is 2.14. The summed E-state index contributed by atoms with van der Waals surface area (Å²) in [5, 5.41) is 5.25. The van der Waals surface area contributed by atoms with Gasteiger partial charge in [-0.1, -0.05) is 6.92 Å². The van der Waals surface area contributed by atoms with Crippen LogP contribution in [0.3, 0.4) is 0 Å². The highest BCUT2D eigenvalue weighted by molar-refractivity contribution is 6.18. The molecule has 0 bridgehead atoms. The molecule has 0 rings (SSSR count). The second-order valence-corrected chi connectivity index (χ2v) is 3.40. The number of hydrogen-bond donors (Lipinski definition) is 2. The number of nitrogens with one attached hydrogen (secondary N) is 2. The summed E-state index contributed by atoms with van der Waals surface area (Å²) in [6.07, 6.45) is 1.13. The largest absolute Gasteiger partial charge is 0.354 e. The Hall–Kier alpha value is -0.770. The van der Waals surface area contributed by atoms with Gasteiger partial charge in [0.1, 0.15) is 6.04 Å². The molecular weight excluding hydrogens is 204 g/mol. The monoisotopic (exact) mass is 220 g/mol. The average molecular weight is 221 g/mol. The first-order chi connectivity index (χ1) is 6.61. The first-order valence-corrected chi connectivity index (χ1v) is 5.28. The van der Waals surface area contributed by atoms with Crippen molar-refractivity contribution in [2.75, 3.05) is 12.4 Å². The van der Waals surface area contributed by atoms with Gasteiger partial charge >= 0.3 is 0 Å². The summed E-state index contributed by atoms with van der Waals surface area (Å²) in [7, 11) is 0. The van der Waals surface area contributed by atoms with Crippen molar-refractivity contribution < 1.29 is 9.59 Å². The van der Waals surface area contributed by atoms with Gasteiger partial charge < -0.3 is 10.6 Å². The van der Waals surface area contributed by atoms with Gasteiger partial charge in [-0.3, -0.25) is 9.59 Å². The van der Waals surface area contributed by atoms with E-state index in [9.17, 15) is 9.59 Å². The third-order valence-corrected chi connectivity index (χ3v) is 1.83. The van der Waals surface area contributed by atoms with Crippen LogP contribution in [0.5, 0.6) is 0 Å². The molecule has 2 amide bonds. The second-order valence-electron chi connectivity index (χ2n) is 3.02. The van der Waals surface area contributed by atoms with Crippen LogP contribution in [0.1, 0.15) is 26.7 Å². The SMILES string of the molecule is CCCNC(=O)C(C)NC(=O)CCCl. The van der Waals surface area contributed by atoms with E-state index in [4.69, 9.17) is 11.6 Å². The van der Waals surface area contributed by atoms with Gasteiger partial charge in [0.25, 0.3) is 0 Å². The maximum absolute atomic E-state index is 11.3. The number of hydrogen-bond acceptors (Lipinski definition) is 2. The zero-order valence-corrected chi connectivity index (χ0v) is 9.36. The standard InChI is InChI=1S/C9H17ClN2O2/c1-3-6-11-9(14)7(2)12-8(13)4-5-10/h7H,3-6H2,1-2H3,(H,11,14)(H,12,13). The molecule has 14 heavy (non-hydrogen) atoms. The van der Waals surface area contributed by atoms with E-state index in [1.54, 1.807) is 6.92 Å². The molecule has 0 aliphatic heterocycles. The van der Waals surface area contributed by atoms with Crippen LogP contribution in [0.4, 0.5) is 0 Å². The quantitative estimate of drug-likeness (QED) is 0.646. The molecule has 1 unspecified atom stereocenters. The van der Waals surface area contributed by atoms with Crippen LogP contribution in [-0.2, 0) is 9.59 Å². The predicted molar refractivity (Wildman–Crippen MR) is 56.2 cm³/mol. The summed E-state index contributed by atoms with van der Waals surface area (Å²) < 4.78 is 0. The van der Waals surface area contributed by atoms with Gasteiger partial charge in [-0.25, -0.2) is 0 Å². The molecule has 0 fully saturated rings. The summed E-state index contributed by atoms with van der Waals surface area (Å²) >= 11 is 5.38. The first-order valence-electron chi connectivity index (χ1n) is 4.74. The predicted octanol–water partition coefficient (Wildman–Crippen LogP) is 0.646. The third-order valence-electron chi connectivity index (χ3n) is 1.64. The van der Waals surface area contributed by atoms with E-state index in [0.717, 1.165) is 6.42 Å². The molecular formula is C9H17ClN2O2. The topological polar surface area (TPSA) is 58.2 Å². The van der Waals surface area contributed by atoms with Crippen molar-refractivity contribution in [3.63, 3.8) is 0 Å². The number of halogens is 1. The van der Waals surface area contributed by atoms with Gasteiger partial charge in [-0.05, 0) is 13.3 Å². The molecule has 0 aromatic carbocycles. The van der Waals surface area contributed by atoms with Gasteiger partial charge in [0.15, 0.2) is 0 Å². The summed E-state index contributed by atoms with van der Waals surface area (Å²) in [5.74, 6) is -0.0799. The van der Waals surface area contributed by atoms with Crippen LogP contribution in [0.25, 0.3) is 0 Å². The molecule has 4 nitrogen and oxygen atoms in total. The molecule has 0 aliphatic rings. The summed E-state index contributed by atoms with van der Waals surface area (Å²) in [6.45, 7) is 4.25. The number of rotatable bonds is 6. The van der Waals surface area contributed by atoms with Crippen molar-refractivity contribution in [1.29, 1.82) is 0 Å². The van der Waals surface area contributed by atoms with Crippen LogP contribution in [0.15, 0.2) is 0 Å². The lowest BCUT2D eigenvalue weighted by atomic mass is 10.3. The van der Waals surface area contributed by atoms with Crippen molar-refractivity contribution in [3.05, 3.63) is 0 Å². The Balaban J connectivity index is 3.76. The minimum absolute atomic E-state index is 0.158. The molecule has 2 N–H and O–H groups in total. The van der Waals surface area contributed by atoms with Gasteiger partial charge in [0.2, 0.25) is 11.8 Å². The highest BCUT2D eigenvalue weighted by atomic mass is 35.5. The van der Waals surface area contributed by atoms with Crippen LogP contribution in [0, 0.1) is 0 Å². The van der Waals surface area contributed by atoms with Crippen molar-refractivity contribution in [2.24, 2.45) is 0 Å². The molecule has 82 valence electrons. The fourth-order valence-corrected chi connectivity index (χ4v) is 1.04. The second kappa shape index (κ2) is 7.62. The molecule has 1 atom stereocenters. The molecule has 0 saturated carbocycles. The number of alkyl halides is 1. The molecule has 0 radical (unpaired) electrons. The minimum atomic E-state index is -0.489. The van der Waals surface area contributed by atoms with Gasteiger partial charge in [0.05, 0.1) is 0 Å². The zero-order valence-electron chi connectivity index (χ0n) is 8.60. The Kier molecular flexibility index (Phi) is 7.20. The molecule has 5 heteroatoms. The maximum Gasteiger partial charge on any atom is 0.242 e. The van der Waals surface area contributed by atoms with Crippen LogP contribution < -0.4 is 10.6 Å². The van der Waals surface area contributed by atoms with E-state index in [0.29, 0.717) is 6.54 Å². The van der Waals surface area contributed by atoms with Crippen molar-refractivity contribution in [3.8, 4) is 0 Å². The normalized spacial score (nSPS) is 11.9. The minimum Gasteiger partial charge on any atom is -0.354 e. The third kappa shape index (κ3) is 5.80. The molecule has 0 aliphatic carbocycles. The summed E-state index contributed by atoms with van der Waals surface area (Å²) in [6, 6.07) is -0.489. The highest BCUT2D eigenvalue weighted by Gasteiger charge is 2.13. The van der Waals surface area contributed by atoms with Gasteiger partial charge in [-0.2, -0.15) is 0 Å². The number of carbonyl (C=O) groups is 2. The Morgan fingerprint density at radius 1 is 1.43 bits per heavy atom. The van der Waals surface area contributed by atoms with E-state index in [-0.39, 0.29) is 24.1 Å². The van der Waals surface area contributed by atoms with Crippen molar-refractivity contribution in [1.82, 2.24) is 10.6 Å². The van der Waals surface area contributed by atoms with Crippen LogP contribution >= 0.6 is 11.6 Å². The maximum atomic E-state index is 11.3. The van der Waals surface area contributed by atoms with Crippen molar-refractivity contribution >= 4 is 23.4 Å². The smallest absolute Gasteiger partial charge is 0.242 e. The zero-order chi connectivity index (χ0) is 11.0. The molecule has 0 aromatic rings. The fourth-order valence-electron chi connectivity index (χ4n) is 0.866. The Morgan fingerprint density at radius 3 is 2.57 bits per heavy atom. The lowest BCUT2D eigenvalue weighted by Gasteiger charge is -2.13. The van der Waals surface area contributed by atoms with E-state index < -0.39 is 6.04 Å². The Morgan fingerprint density at radius 2 is 2.07 bits per heavy atom. The Bertz CT molecular complexity index is 197. The lowest BCUT2D eigenvalue weighted by Crippen LogP contribution is -2.45. The number of amides is 2.